The molecule has 0 saturated carbocycles. The summed E-state index contributed by atoms with van der Waals surface area (Å²) in [5, 5.41) is 14.7. The standard InChI is InChI=1S/C29H37F3N6O2S2/c1-41(2,3)13-11-39-17-37-19(15-33)16-35-29(37)27-21-8-7-20(24-22(30)9-10-23(34)26(24)32)25(31)28(21)38(36-27)18-40-12-14-42(4,5)6/h7-10,16H,11-14,17-18,34H2,1-6H3. The molecule has 0 saturated heterocycles. The van der Waals surface area contributed by atoms with E-state index >= 15 is 4.39 Å². The quantitative estimate of drug-likeness (QED) is 0.159. The minimum Gasteiger partial charge on any atom is -0.396 e. The number of nitrogens with zero attached hydrogens (tertiary/aromatic N) is 5. The number of nitrogen functional groups attached to an aromatic ring is 1. The van der Waals surface area contributed by atoms with Crippen molar-refractivity contribution in [1.82, 2.24) is 19.3 Å². The maximum Gasteiger partial charge on any atom is 0.164 e. The van der Waals surface area contributed by atoms with E-state index in [1.54, 1.807) is 4.57 Å². The van der Waals surface area contributed by atoms with Crippen LogP contribution < -0.4 is 5.73 Å². The molecule has 0 radical (unpaired) electrons. The second-order valence-corrected chi connectivity index (χ2v) is 20.8. The summed E-state index contributed by atoms with van der Waals surface area (Å²) in [7, 11) is -1.61. The van der Waals surface area contributed by atoms with Crippen LogP contribution in [0.1, 0.15) is 5.69 Å². The van der Waals surface area contributed by atoms with Crippen LogP contribution in [-0.4, -0.2) is 81.6 Å². The fourth-order valence-electron chi connectivity index (χ4n) is 4.21. The molecule has 0 amide bonds. The Labute approximate surface area is 247 Å². The lowest BCUT2D eigenvalue weighted by Crippen LogP contribution is -2.12. The van der Waals surface area contributed by atoms with Crippen molar-refractivity contribution in [1.29, 1.82) is 5.26 Å². The molecule has 228 valence electrons. The van der Waals surface area contributed by atoms with Gasteiger partial charge in [0.1, 0.15) is 42.3 Å². The molecule has 0 aliphatic carbocycles. The molecule has 2 heterocycles. The van der Waals surface area contributed by atoms with E-state index in [2.05, 4.69) is 53.7 Å². The zero-order valence-electron chi connectivity index (χ0n) is 24.7. The third-order valence-corrected chi connectivity index (χ3v) is 9.32. The average Bonchev–Trinajstić information content (AvgIpc) is 3.48. The molecule has 0 fully saturated rings. The van der Waals surface area contributed by atoms with E-state index in [9.17, 15) is 14.0 Å². The van der Waals surface area contributed by atoms with Gasteiger partial charge in [0.25, 0.3) is 0 Å². The predicted molar refractivity (Wildman–Crippen MR) is 168 cm³/mol. The normalized spacial score (nSPS) is 13.0. The fourth-order valence-corrected chi connectivity index (χ4v) is 5.44. The largest absolute Gasteiger partial charge is 0.396 e. The van der Waals surface area contributed by atoms with E-state index in [0.29, 0.717) is 24.4 Å². The average molecular weight is 623 g/mol. The monoisotopic (exact) mass is 622 g/mol. The first-order valence-corrected chi connectivity index (χ1v) is 19.1. The summed E-state index contributed by atoms with van der Waals surface area (Å²) in [5.41, 5.74) is 5.02. The Kier molecular flexibility index (Phi) is 9.52. The van der Waals surface area contributed by atoms with E-state index in [1.807, 2.05) is 0 Å². The SMILES string of the molecule is CS(C)(C)CCOCn1c(C#N)cnc1-c1nn(COCCS(C)(C)C)c2c(F)c(-c3c(F)ccc(N)c3F)ccc12. The van der Waals surface area contributed by atoms with Gasteiger partial charge >= 0.3 is 0 Å². The van der Waals surface area contributed by atoms with Crippen LogP contribution in [0.2, 0.25) is 0 Å². The van der Waals surface area contributed by atoms with E-state index in [0.717, 1.165) is 23.6 Å². The van der Waals surface area contributed by atoms with Crippen LogP contribution in [0.15, 0.2) is 30.5 Å². The summed E-state index contributed by atoms with van der Waals surface area (Å²) in [5.74, 6) is -0.870. The molecule has 8 nitrogen and oxygen atoms in total. The molecular weight excluding hydrogens is 585 g/mol. The molecule has 0 spiro atoms. The zero-order valence-corrected chi connectivity index (χ0v) is 26.3. The number of benzene rings is 2. The van der Waals surface area contributed by atoms with Gasteiger partial charge in [0.05, 0.1) is 30.7 Å². The van der Waals surface area contributed by atoms with Gasteiger partial charge in [-0.1, -0.05) is 6.07 Å². The van der Waals surface area contributed by atoms with Crippen LogP contribution in [0.5, 0.6) is 0 Å². The number of halogens is 3. The topological polar surface area (TPSA) is 104 Å². The number of hydrogen-bond donors (Lipinski definition) is 1. The molecule has 4 rings (SSSR count). The Balaban J connectivity index is 1.82. The molecule has 0 aliphatic heterocycles. The van der Waals surface area contributed by atoms with Crippen LogP contribution in [0.4, 0.5) is 18.9 Å². The van der Waals surface area contributed by atoms with E-state index < -0.39 is 43.1 Å². The van der Waals surface area contributed by atoms with Crippen molar-refractivity contribution < 1.29 is 22.6 Å². The number of imidazole rings is 1. The molecule has 2 N–H and O–H groups in total. The maximum absolute atomic E-state index is 16.3. The zero-order chi connectivity index (χ0) is 30.8. The molecule has 0 bridgehead atoms. The highest BCUT2D eigenvalue weighted by Gasteiger charge is 2.26. The molecule has 2 aromatic heterocycles. The number of fused-ring (bicyclic) bond motifs is 1. The molecule has 0 aliphatic rings. The lowest BCUT2D eigenvalue weighted by Gasteiger charge is -2.24. The molecule has 2 aromatic carbocycles. The summed E-state index contributed by atoms with van der Waals surface area (Å²) in [4.78, 5) is 4.42. The summed E-state index contributed by atoms with van der Waals surface area (Å²) >= 11 is 0. The summed E-state index contributed by atoms with van der Waals surface area (Å²) in [6, 6.07) is 7.03. The van der Waals surface area contributed by atoms with Gasteiger partial charge < -0.3 is 15.2 Å². The first-order chi connectivity index (χ1) is 19.7. The Morgan fingerprint density at radius 1 is 0.905 bits per heavy atom. The third-order valence-electron chi connectivity index (χ3n) is 6.54. The number of anilines is 1. The van der Waals surface area contributed by atoms with E-state index in [-0.39, 0.29) is 41.6 Å². The number of nitrogens with two attached hydrogens (primary N) is 1. The minimum absolute atomic E-state index is 0.0165. The molecule has 4 aromatic rings. The summed E-state index contributed by atoms with van der Waals surface area (Å²) in [6.45, 7) is 0.861. The van der Waals surface area contributed by atoms with Gasteiger partial charge in [-0.25, -0.2) is 42.9 Å². The first-order valence-electron chi connectivity index (χ1n) is 13.1. The van der Waals surface area contributed by atoms with E-state index in [1.165, 1.54) is 23.0 Å². The highest BCUT2D eigenvalue weighted by Crippen LogP contribution is 2.38. The smallest absolute Gasteiger partial charge is 0.164 e. The van der Waals surface area contributed by atoms with Gasteiger partial charge in [-0.2, -0.15) is 10.4 Å². The molecule has 42 heavy (non-hydrogen) atoms. The summed E-state index contributed by atoms with van der Waals surface area (Å²) < 4.78 is 60.7. The Hall–Kier alpha value is -3.18. The van der Waals surface area contributed by atoms with Gasteiger partial charge in [0.2, 0.25) is 0 Å². The van der Waals surface area contributed by atoms with Crippen LogP contribution in [0, 0.1) is 28.8 Å². The van der Waals surface area contributed by atoms with Crippen molar-refractivity contribution in [3.05, 3.63) is 53.6 Å². The van der Waals surface area contributed by atoms with Gasteiger partial charge in [-0.3, -0.25) is 4.57 Å². The first kappa shape index (κ1) is 31.7. The van der Waals surface area contributed by atoms with Crippen LogP contribution in [0.25, 0.3) is 33.5 Å². The van der Waals surface area contributed by atoms with Crippen molar-refractivity contribution >= 4 is 36.6 Å². The second-order valence-electron chi connectivity index (χ2n) is 11.7. The second kappa shape index (κ2) is 12.6. The fraction of sp³-hybridized carbons (Fsp3) is 0.414. The van der Waals surface area contributed by atoms with Crippen molar-refractivity contribution in [2.75, 3.05) is 68.0 Å². The summed E-state index contributed by atoms with van der Waals surface area (Å²) in [6.07, 6.45) is 14.5. The Morgan fingerprint density at radius 3 is 2.17 bits per heavy atom. The van der Waals surface area contributed by atoms with Crippen LogP contribution in [0.3, 0.4) is 0 Å². The third kappa shape index (κ3) is 7.06. The molecular formula is C29H37F3N6O2S2. The van der Waals surface area contributed by atoms with Crippen LogP contribution >= 0.6 is 20.1 Å². The number of rotatable bonds is 12. The van der Waals surface area contributed by atoms with Crippen molar-refractivity contribution in [3.63, 3.8) is 0 Å². The van der Waals surface area contributed by atoms with E-state index in [4.69, 9.17) is 15.2 Å². The highest BCUT2D eigenvalue weighted by atomic mass is 32.3. The van der Waals surface area contributed by atoms with Gasteiger partial charge in [-0.05, 0) is 55.7 Å². The Morgan fingerprint density at radius 2 is 1.55 bits per heavy atom. The van der Waals surface area contributed by atoms with Gasteiger partial charge in [0, 0.05) is 22.5 Å². The van der Waals surface area contributed by atoms with Crippen LogP contribution in [-0.2, 0) is 22.9 Å². The molecule has 13 heteroatoms. The van der Waals surface area contributed by atoms with Crippen molar-refractivity contribution in [2.24, 2.45) is 0 Å². The van der Waals surface area contributed by atoms with Crippen molar-refractivity contribution in [3.8, 4) is 28.7 Å². The number of hydrogen-bond acceptors (Lipinski definition) is 6. The maximum atomic E-state index is 16.3. The molecule has 0 unspecified atom stereocenters. The number of nitriles is 1. The lowest BCUT2D eigenvalue weighted by molar-refractivity contribution is 0.0836. The van der Waals surface area contributed by atoms with Gasteiger partial charge in [0.15, 0.2) is 17.5 Å². The van der Waals surface area contributed by atoms with Gasteiger partial charge in [-0.15, -0.1) is 0 Å². The lowest BCUT2D eigenvalue weighted by atomic mass is 10.0. The molecule has 0 atom stereocenters. The number of ether oxygens (including phenoxy) is 2. The van der Waals surface area contributed by atoms with Crippen molar-refractivity contribution in [2.45, 2.75) is 13.5 Å². The highest BCUT2D eigenvalue weighted by molar-refractivity contribution is 8.32. The number of aromatic nitrogens is 4. The predicted octanol–water partition coefficient (Wildman–Crippen LogP) is 5.77. The Bertz CT molecular complexity index is 1630. The minimum atomic E-state index is -1.05.